The average molecular weight is 683 g/mol. The van der Waals surface area contributed by atoms with Gasteiger partial charge in [-0.2, -0.15) is 11.8 Å². The Morgan fingerprint density at radius 3 is 1.71 bits per heavy atom. The van der Waals surface area contributed by atoms with Crippen molar-refractivity contribution in [1.29, 1.82) is 0 Å². The van der Waals surface area contributed by atoms with Crippen LogP contribution in [0.3, 0.4) is 0 Å². The number of likely N-dealkylation sites (tertiary alicyclic amines) is 2. The van der Waals surface area contributed by atoms with Crippen LogP contribution in [0.25, 0.3) is 33.6 Å². The van der Waals surface area contributed by atoms with Crippen molar-refractivity contribution in [2.24, 2.45) is 5.92 Å². The molecule has 10 nitrogen and oxygen atoms in total. The molecule has 2 saturated heterocycles. The highest BCUT2D eigenvalue weighted by Gasteiger charge is 2.56. The van der Waals surface area contributed by atoms with E-state index in [1.54, 1.807) is 11.8 Å². The fourth-order valence-electron chi connectivity index (χ4n) is 7.02. The number of ether oxygens (including phenoxy) is 2. The monoisotopic (exact) mass is 682 g/mol. The van der Waals surface area contributed by atoms with Gasteiger partial charge >= 0.3 is 12.2 Å². The van der Waals surface area contributed by atoms with Crippen LogP contribution < -0.4 is 0 Å². The quantitative estimate of drug-likeness (QED) is 0.209. The third-order valence-corrected chi connectivity index (χ3v) is 10.5. The molecule has 0 unspecified atom stereocenters. The minimum Gasteiger partial charge on any atom is -0.444 e. The van der Waals surface area contributed by atoms with Crippen LogP contribution in [-0.2, 0) is 9.47 Å². The average Bonchev–Trinajstić information content (AvgIpc) is 3.56. The number of benzene rings is 2. The smallest absolute Gasteiger partial charge is 0.411 e. The number of thioether (sulfide) groups is 1. The molecular formula is C38H46N6O4S. The van der Waals surface area contributed by atoms with Gasteiger partial charge in [0.05, 0.1) is 35.9 Å². The topological polar surface area (TPSA) is 116 Å². The fourth-order valence-corrected chi connectivity index (χ4v) is 7.70. The van der Waals surface area contributed by atoms with Crippen LogP contribution in [0.5, 0.6) is 0 Å². The zero-order valence-corrected chi connectivity index (χ0v) is 30.1. The molecular weight excluding hydrogens is 637 g/mol. The number of hydrogen-bond acceptors (Lipinski definition) is 7. The Morgan fingerprint density at radius 1 is 0.714 bits per heavy atom. The normalized spacial score (nSPS) is 23.4. The molecule has 2 aromatic heterocycles. The molecule has 3 aliphatic rings. The first kappa shape index (κ1) is 33.3. The molecule has 3 fully saturated rings. The lowest BCUT2D eigenvalue weighted by Crippen LogP contribution is -2.38. The van der Waals surface area contributed by atoms with Gasteiger partial charge in [-0.3, -0.25) is 9.80 Å². The van der Waals surface area contributed by atoms with Gasteiger partial charge in [0, 0.05) is 17.8 Å². The molecule has 2 aliphatic heterocycles. The number of H-pyrrole nitrogens is 2. The summed E-state index contributed by atoms with van der Waals surface area (Å²) in [6.07, 6.45) is 8.01. The molecule has 0 radical (unpaired) electrons. The van der Waals surface area contributed by atoms with Crippen LogP contribution in [0, 0.1) is 5.92 Å². The minimum absolute atomic E-state index is 0.0922. The lowest BCUT2D eigenvalue weighted by atomic mass is 10.0. The number of hydrogen-bond donors (Lipinski definition) is 2. The van der Waals surface area contributed by atoms with Crippen molar-refractivity contribution in [3.8, 4) is 33.6 Å². The van der Waals surface area contributed by atoms with E-state index >= 15 is 0 Å². The number of fused-ring (bicyclic) bond motifs is 1. The zero-order chi connectivity index (χ0) is 34.7. The number of rotatable bonds is 6. The molecule has 2 aromatic carbocycles. The summed E-state index contributed by atoms with van der Waals surface area (Å²) in [6.45, 7) is 12.0. The summed E-state index contributed by atoms with van der Waals surface area (Å²) >= 11 is 1.77. The second-order valence-electron chi connectivity index (χ2n) is 15.5. The van der Waals surface area contributed by atoms with E-state index in [0.29, 0.717) is 17.7 Å². The third-order valence-electron chi connectivity index (χ3n) is 9.48. The van der Waals surface area contributed by atoms with E-state index in [1.165, 1.54) is 0 Å². The molecule has 1 saturated carbocycles. The van der Waals surface area contributed by atoms with Gasteiger partial charge in [-0.1, -0.05) is 48.5 Å². The van der Waals surface area contributed by atoms with Crippen molar-refractivity contribution in [1.82, 2.24) is 29.7 Å². The summed E-state index contributed by atoms with van der Waals surface area (Å²) in [7, 11) is 0. The number of imidazole rings is 2. The first-order valence-corrected chi connectivity index (χ1v) is 18.4. The summed E-state index contributed by atoms with van der Waals surface area (Å²) in [4.78, 5) is 46.1. The first-order chi connectivity index (χ1) is 23.3. The van der Waals surface area contributed by atoms with Gasteiger partial charge in [0.2, 0.25) is 0 Å². The molecule has 4 aromatic rings. The molecule has 5 atom stereocenters. The van der Waals surface area contributed by atoms with E-state index in [1.807, 2.05) is 63.7 Å². The highest BCUT2D eigenvalue weighted by atomic mass is 32.2. The SMILES string of the molecule is CS[C@H]1C[C@@H](c2ncc(-c3ccc(-c4ccc(-c5cnc([C@@H]6C[C@H]7C[C@H]7N6C(=O)OC(C)(C)C)[nH]5)cc4)cc3)[nH]2)N(C(=O)OC(C)(C)C)C1. The van der Waals surface area contributed by atoms with Crippen LogP contribution in [0.2, 0.25) is 0 Å². The van der Waals surface area contributed by atoms with Crippen molar-refractivity contribution >= 4 is 23.9 Å². The summed E-state index contributed by atoms with van der Waals surface area (Å²) in [5, 5.41) is 0.333. The maximum atomic E-state index is 13.0. The van der Waals surface area contributed by atoms with Crippen LogP contribution in [0.15, 0.2) is 60.9 Å². The van der Waals surface area contributed by atoms with Gasteiger partial charge in [-0.05, 0) is 95.2 Å². The van der Waals surface area contributed by atoms with E-state index in [4.69, 9.17) is 19.4 Å². The Balaban J connectivity index is 1.02. The highest BCUT2D eigenvalue weighted by molar-refractivity contribution is 7.99. The number of nitrogens with zero attached hydrogens (tertiary/aromatic N) is 4. The molecule has 2 amide bonds. The van der Waals surface area contributed by atoms with E-state index < -0.39 is 11.2 Å². The van der Waals surface area contributed by atoms with Crippen molar-refractivity contribution in [2.45, 2.75) is 95.4 Å². The van der Waals surface area contributed by atoms with Gasteiger partial charge in [0.15, 0.2) is 0 Å². The number of nitrogens with one attached hydrogen (secondary N) is 2. The van der Waals surface area contributed by atoms with E-state index in [0.717, 1.165) is 64.6 Å². The second kappa shape index (κ2) is 12.6. The van der Waals surface area contributed by atoms with Gasteiger partial charge < -0.3 is 19.4 Å². The molecule has 7 rings (SSSR count). The zero-order valence-electron chi connectivity index (χ0n) is 29.3. The molecule has 11 heteroatoms. The largest absolute Gasteiger partial charge is 0.444 e. The number of carbonyl (C=O) groups excluding carboxylic acids is 2. The maximum absolute atomic E-state index is 13.0. The first-order valence-electron chi connectivity index (χ1n) is 17.1. The molecule has 4 heterocycles. The van der Waals surface area contributed by atoms with Crippen LogP contribution >= 0.6 is 11.8 Å². The van der Waals surface area contributed by atoms with Gasteiger partial charge in [-0.25, -0.2) is 19.6 Å². The number of piperidine rings is 1. The molecule has 0 bridgehead atoms. The molecule has 49 heavy (non-hydrogen) atoms. The Kier molecular flexibility index (Phi) is 8.53. The predicted octanol–water partition coefficient (Wildman–Crippen LogP) is 8.62. The molecule has 2 N–H and O–H groups in total. The number of carbonyl (C=O) groups is 2. The summed E-state index contributed by atoms with van der Waals surface area (Å²) < 4.78 is 11.4. The van der Waals surface area contributed by atoms with Crippen molar-refractivity contribution < 1.29 is 19.1 Å². The van der Waals surface area contributed by atoms with Crippen LogP contribution in [0.1, 0.15) is 84.5 Å². The number of amides is 2. The lowest BCUT2D eigenvalue weighted by Gasteiger charge is -2.29. The summed E-state index contributed by atoms with van der Waals surface area (Å²) in [6, 6.07) is 16.8. The standard InChI is InChI=1S/C38H46N6O4S/c1-37(2,3)47-35(45)43-21-27(49-7)18-31(43)33-39-19-28(41-33)24-12-8-22(9-13-24)23-10-14-25(15-11-23)29-20-40-34(42-29)32-17-26-16-30(26)44(32)36(46)48-38(4,5)6/h8-15,19-20,26-27,30-32H,16-18,21H2,1-7H3,(H,39,41)(H,40,42)/t26-,27+,30-,31+,32+/m1/s1. The van der Waals surface area contributed by atoms with Crippen LogP contribution in [-0.4, -0.2) is 77.2 Å². The van der Waals surface area contributed by atoms with Gasteiger partial charge in [-0.15, -0.1) is 0 Å². The van der Waals surface area contributed by atoms with Gasteiger partial charge in [0.1, 0.15) is 22.9 Å². The Labute approximate surface area is 292 Å². The van der Waals surface area contributed by atoms with Crippen molar-refractivity contribution in [3.63, 3.8) is 0 Å². The van der Waals surface area contributed by atoms with E-state index in [-0.39, 0.29) is 30.3 Å². The van der Waals surface area contributed by atoms with Crippen LogP contribution in [0.4, 0.5) is 9.59 Å². The second-order valence-corrected chi connectivity index (χ2v) is 16.6. The Morgan fingerprint density at radius 2 is 1.20 bits per heavy atom. The lowest BCUT2D eigenvalue weighted by molar-refractivity contribution is 0.0172. The molecule has 0 spiro atoms. The number of aromatic amines is 2. The number of aromatic nitrogens is 4. The van der Waals surface area contributed by atoms with Gasteiger partial charge in [0.25, 0.3) is 0 Å². The molecule has 1 aliphatic carbocycles. The predicted molar refractivity (Wildman–Crippen MR) is 192 cm³/mol. The van der Waals surface area contributed by atoms with Crippen molar-refractivity contribution in [2.75, 3.05) is 12.8 Å². The molecule has 258 valence electrons. The van der Waals surface area contributed by atoms with E-state index in [2.05, 4.69) is 64.8 Å². The van der Waals surface area contributed by atoms with Crippen molar-refractivity contribution in [3.05, 3.63) is 72.6 Å². The highest BCUT2D eigenvalue weighted by Crippen LogP contribution is 2.53. The summed E-state index contributed by atoms with van der Waals surface area (Å²) in [5.74, 6) is 2.12. The third kappa shape index (κ3) is 7.08. The summed E-state index contributed by atoms with van der Waals surface area (Å²) in [5.41, 5.74) is 5.02. The Bertz CT molecular complexity index is 1820. The maximum Gasteiger partial charge on any atom is 0.411 e. The minimum atomic E-state index is -0.555. The fraction of sp³-hybridized carbons (Fsp3) is 0.474. The Hall–Kier alpha value is -4.25. The van der Waals surface area contributed by atoms with E-state index in [9.17, 15) is 9.59 Å².